The van der Waals surface area contributed by atoms with Crippen molar-refractivity contribution in [2.75, 3.05) is 7.05 Å². The van der Waals surface area contributed by atoms with Crippen LogP contribution in [0.4, 0.5) is 0 Å². The molecule has 0 saturated heterocycles. The first kappa shape index (κ1) is 14.7. The van der Waals surface area contributed by atoms with Crippen LogP contribution in [-0.2, 0) is 10.3 Å². The van der Waals surface area contributed by atoms with Crippen molar-refractivity contribution in [3.63, 3.8) is 0 Å². The monoisotopic (exact) mass is 311 g/mol. The van der Waals surface area contributed by atoms with Crippen molar-refractivity contribution in [1.82, 2.24) is 5.32 Å². The fourth-order valence-corrected chi connectivity index (χ4v) is 4.07. The van der Waals surface area contributed by atoms with Gasteiger partial charge >= 0.3 is 0 Å². The van der Waals surface area contributed by atoms with E-state index >= 15 is 0 Å². The van der Waals surface area contributed by atoms with E-state index in [1.807, 2.05) is 30.4 Å². The highest BCUT2D eigenvalue weighted by atomic mass is 16.6. The molecule has 1 fully saturated rings. The largest absolute Gasteiger partial charge is 0.455 e. The molecule has 0 amide bonds. The third kappa shape index (κ3) is 1.55. The Morgan fingerprint density at radius 2 is 2.00 bits per heavy atom. The van der Waals surface area contributed by atoms with Crippen LogP contribution >= 0.6 is 0 Å². The molecule has 2 N–H and O–H groups in total. The van der Waals surface area contributed by atoms with Crippen molar-refractivity contribution in [2.45, 2.75) is 43.9 Å². The second-order valence-electron chi connectivity index (χ2n) is 6.80. The minimum Gasteiger partial charge on any atom is -0.455 e. The number of carbonyl (C=O) groups is 1. The molecule has 1 aromatic carbocycles. The summed E-state index contributed by atoms with van der Waals surface area (Å²) in [5, 5.41) is 14.5. The van der Waals surface area contributed by atoms with Crippen molar-refractivity contribution in [1.29, 1.82) is 0 Å². The highest BCUT2D eigenvalue weighted by Crippen LogP contribution is 2.58. The third-order valence-electron chi connectivity index (χ3n) is 5.32. The van der Waals surface area contributed by atoms with Crippen LogP contribution in [0, 0.1) is 0 Å². The second kappa shape index (κ2) is 4.56. The first-order chi connectivity index (χ1) is 11.0. The molecule has 4 nitrogen and oxygen atoms in total. The van der Waals surface area contributed by atoms with Crippen molar-refractivity contribution in [3.8, 4) is 5.75 Å². The zero-order valence-electron chi connectivity index (χ0n) is 13.6. The van der Waals surface area contributed by atoms with Crippen LogP contribution in [0.2, 0.25) is 0 Å². The lowest BCUT2D eigenvalue weighted by atomic mass is 9.83. The van der Waals surface area contributed by atoms with E-state index in [0.29, 0.717) is 28.4 Å². The number of aliphatic hydroxyl groups is 1. The zero-order chi connectivity index (χ0) is 16.4. The summed E-state index contributed by atoms with van der Waals surface area (Å²) >= 11 is 0. The number of nitrogens with one attached hydrogen (secondary N) is 1. The summed E-state index contributed by atoms with van der Waals surface area (Å²) in [7, 11) is 1.70. The molecule has 4 heteroatoms. The highest BCUT2D eigenvalue weighted by molar-refractivity contribution is 6.13. The number of ketones is 1. The minimum absolute atomic E-state index is 0.107. The average molecular weight is 311 g/mol. The van der Waals surface area contributed by atoms with Gasteiger partial charge in [-0.1, -0.05) is 38.1 Å². The molecule has 0 spiro atoms. The third-order valence-corrected chi connectivity index (χ3v) is 5.32. The predicted molar refractivity (Wildman–Crippen MR) is 87.3 cm³/mol. The molecule has 2 unspecified atom stereocenters. The average Bonchev–Trinajstić information content (AvgIpc) is 2.92. The van der Waals surface area contributed by atoms with Crippen molar-refractivity contribution < 1.29 is 14.6 Å². The smallest absolute Gasteiger partial charge is 0.265 e. The lowest BCUT2D eigenvalue weighted by Gasteiger charge is -2.33. The van der Waals surface area contributed by atoms with Crippen LogP contribution in [0.25, 0.3) is 0 Å². The Morgan fingerprint density at radius 3 is 2.70 bits per heavy atom. The van der Waals surface area contributed by atoms with Gasteiger partial charge in [0.2, 0.25) is 0 Å². The molecule has 0 bridgehead atoms. The van der Waals surface area contributed by atoms with Crippen LogP contribution in [-0.4, -0.2) is 23.7 Å². The topological polar surface area (TPSA) is 58.6 Å². The molecule has 1 heterocycles. The highest BCUT2D eigenvalue weighted by Gasteiger charge is 2.71. The summed E-state index contributed by atoms with van der Waals surface area (Å²) in [6.07, 6.45) is 5.48. The van der Waals surface area contributed by atoms with E-state index in [2.05, 4.69) is 19.2 Å². The van der Waals surface area contributed by atoms with Gasteiger partial charge in [-0.15, -0.1) is 0 Å². The minimum atomic E-state index is -1.66. The standard InChI is InChI=1S/C19H21NO3/c1-11(2)12-8-9-15-16(10-12)23-19(22)14-7-5-4-6-13(14)17(21)18(15,19)20-3/h6-11,20,22H,4-5H2,1-3H3. The number of rotatable bonds is 2. The van der Waals surface area contributed by atoms with Crippen molar-refractivity contribution in [2.24, 2.45) is 0 Å². The molecular weight excluding hydrogens is 290 g/mol. The number of fused-ring (bicyclic) bond motifs is 5. The molecule has 1 aliphatic heterocycles. The maximum Gasteiger partial charge on any atom is 0.265 e. The van der Waals surface area contributed by atoms with Gasteiger partial charge in [-0.25, -0.2) is 0 Å². The van der Waals surface area contributed by atoms with Crippen LogP contribution in [0.15, 0.2) is 41.5 Å². The fourth-order valence-electron chi connectivity index (χ4n) is 4.07. The molecule has 1 saturated carbocycles. The number of Topliss-reactive ketones (excluding diaryl/α,β-unsaturated/α-hetero) is 1. The van der Waals surface area contributed by atoms with E-state index in [9.17, 15) is 9.90 Å². The molecule has 120 valence electrons. The van der Waals surface area contributed by atoms with E-state index in [4.69, 9.17) is 4.74 Å². The molecule has 3 aliphatic rings. The molecule has 4 rings (SSSR count). The molecular formula is C19H21NO3. The number of ether oxygens (including phenoxy) is 1. The Morgan fingerprint density at radius 1 is 1.26 bits per heavy atom. The number of carbonyl (C=O) groups excluding carboxylic acids is 1. The van der Waals surface area contributed by atoms with Gasteiger partial charge in [0, 0.05) is 16.7 Å². The van der Waals surface area contributed by atoms with Gasteiger partial charge in [0.25, 0.3) is 5.79 Å². The van der Waals surface area contributed by atoms with E-state index in [-0.39, 0.29) is 5.78 Å². The van der Waals surface area contributed by atoms with Gasteiger partial charge in [0.1, 0.15) is 5.75 Å². The summed E-state index contributed by atoms with van der Waals surface area (Å²) in [5.41, 5.74) is 1.78. The summed E-state index contributed by atoms with van der Waals surface area (Å²) in [5.74, 6) is -0.829. The van der Waals surface area contributed by atoms with Gasteiger partial charge in [0.15, 0.2) is 11.3 Å². The van der Waals surface area contributed by atoms with E-state index in [1.165, 1.54) is 0 Å². The summed E-state index contributed by atoms with van der Waals surface area (Å²) in [6.45, 7) is 4.21. The summed E-state index contributed by atoms with van der Waals surface area (Å²) in [6, 6.07) is 5.86. The number of hydrogen-bond donors (Lipinski definition) is 2. The fraction of sp³-hybridized carbons (Fsp3) is 0.421. The summed E-state index contributed by atoms with van der Waals surface area (Å²) < 4.78 is 6.01. The molecule has 0 aromatic heterocycles. The second-order valence-corrected chi connectivity index (χ2v) is 6.80. The first-order valence-corrected chi connectivity index (χ1v) is 8.16. The van der Waals surface area contributed by atoms with Crippen molar-refractivity contribution >= 4 is 5.78 Å². The molecule has 23 heavy (non-hydrogen) atoms. The van der Waals surface area contributed by atoms with E-state index in [1.54, 1.807) is 7.05 Å². The first-order valence-electron chi connectivity index (χ1n) is 8.16. The molecule has 2 aliphatic carbocycles. The van der Waals surface area contributed by atoms with Crippen LogP contribution in [0.5, 0.6) is 5.75 Å². The predicted octanol–water partition coefficient (Wildman–Crippen LogP) is 2.54. The number of likely N-dealkylation sites (N-methyl/N-ethyl adjacent to an activating group) is 1. The van der Waals surface area contributed by atoms with Crippen molar-refractivity contribution in [3.05, 3.63) is 52.6 Å². The van der Waals surface area contributed by atoms with E-state index < -0.39 is 11.3 Å². The molecule has 1 aromatic rings. The van der Waals surface area contributed by atoms with Gasteiger partial charge in [-0.3, -0.25) is 10.1 Å². The lowest BCUT2D eigenvalue weighted by molar-refractivity contribution is -0.153. The van der Waals surface area contributed by atoms with Gasteiger partial charge in [-0.05, 0) is 37.4 Å². The molecule has 2 atom stereocenters. The Bertz CT molecular complexity index is 777. The van der Waals surface area contributed by atoms with Gasteiger partial charge < -0.3 is 9.84 Å². The van der Waals surface area contributed by atoms with E-state index in [0.717, 1.165) is 18.4 Å². The number of allylic oxidation sites excluding steroid dienone is 2. The molecule has 0 radical (unpaired) electrons. The Labute approximate surface area is 135 Å². The maximum absolute atomic E-state index is 13.1. The summed E-state index contributed by atoms with van der Waals surface area (Å²) in [4.78, 5) is 13.1. The van der Waals surface area contributed by atoms with Gasteiger partial charge in [-0.2, -0.15) is 0 Å². The normalized spacial score (nSPS) is 31.3. The Kier molecular flexibility index (Phi) is 2.91. The number of hydrogen-bond acceptors (Lipinski definition) is 4. The van der Waals surface area contributed by atoms with Crippen LogP contribution < -0.4 is 10.1 Å². The quantitative estimate of drug-likeness (QED) is 0.881. The zero-order valence-corrected chi connectivity index (χ0v) is 13.6. The van der Waals surface area contributed by atoms with Crippen LogP contribution in [0.3, 0.4) is 0 Å². The Balaban J connectivity index is 1.98. The van der Waals surface area contributed by atoms with Crippen LogP contribution in [0.1, 0.15) is 43.7 Å². The lowest BCUT2D eigenvalue weighted by Crippen LogP contribution is -2.59. The Hall–Kier alpha value is -1.91. The SMILES string of the molecule is CNC12C(=O)C3=CCCC=C3C1(O)Oc1cc(C(C)C)ccc12. The maximum atomic E-state index is 13.1. The van der Waals surface area contributed by atoms with Gasteiger partial charge in [0.05, 0.1) is 0 Å². The number of benzene rings is 1.